The molecule has 0 aliphatic carbocycles. The van der Waals surface area contributed by atoms with E-state index in [0.717, 1.165) is 12.1 Å². The van der Waals surface area contributed by atoms with Gasteiger partial charge in [-0.05, 0) is 42.5 Å². The molecular formula is C21H18F3N3O3. The molecule has 0 saturated heterocycles. The lowest BCUT2D eigenvalue weighted by atomic mass is 10.2. The fourth-order valence-corrected chi connectivity index (χ4v) is 2.65. The summed E-state index contributed by atoms with van der Waals surface area (Å²) in [6.45, 7) is -0.285. The summed E-state index contributed by atoms with van der Waals surface area (Å²) in [6.07, 6.45) is -1.50. The van der Waals surface area contributed by atoms with Crippen LogP contribution in [-0.4, -0.2) is 30.4 Å². The summed E-state index contributed by atoms with van der Waals surface area (Å²) in [5, 5.41) is 3.85. The Morgan fingerprint density at radius 2 is 1.87 bits per heavy atom. The lowest BCUT2D eigenvalue weighted by Crippen LogP contribution is -2.24. The molecule has 0 radical (unpaired) electrons. The van der Waals surface area contributed by atoms with Gasteiger partial charge in [0.15, 0.2) is 18.1 Å². The third-order valence-electron chi connectivity index (χ3n) is 4.05. The van der Waals surface area contributed by atoms with Crippen LogP contribution in [0.4, 0.5) is 13.2 Å². The van der Waals surface area contributed by atoms with Crippen molar-refractivity contribution in [1.29, 1.82) is 0 Å². The highest BCUT2D eigenvalue weighted by atomic mass is 19.4. The van der Waals surface area contributed by atoms with Gasteiger partial charge < -0.3 is 14.0 Å². The second kappa shape index (κ2) is 9.17. The SMILES string of the molecule is COc1ccccc1OCC(=O)N/N=C\c1cccn1-c1cccc(C(F)(F)F)c1. The van der Waals surface area contributed by atoms with Gasteiger partial charge >= 0.3 is 6.18 Å². The van der Waals surface area contributed by atoms with Gasteiger partial charge in [0.1, 0.15) is 0 Å². The first-order chi connectivity index (χ1) is 14.4. The van der Waals surface area contributed by atoms with Crippen LogP contribution in [0.1, 0.15) is 11.3 Å². The zero-order valence-electron chi connectivity index (χ0n) is 15.9. The molecule has 3 rings (SSSR count). The summed E-state index contributed by atoms with van der Waals surface area (Å²) in [7, 11) is 1.49. The average molecular weight is 417 g/mol. The number of rotatable bonds is 7. The first-order valence-electron chi connectivity index (χ1n) is 8.81. The van der Waals surface area contributed by atoms with E-state index in [-0.39, 0.29) is 6.61 Å². The highest BCUT2D eigenvalue weighted by Gasteiger charge is 2.30. The molecule has 0 saturated carbocycles. The maximum atomic E-state index is 12.9. The molecule has 0 spiro atoms. The van der Waals surface area contributed by atoms with Crippen LogP contribution in [0, 0.1) is 0 Å². The van der Waals surface area contributed by atoms with Crippen molar-refractivity contribution < 1.29 is 27.4 Å². The van der Waals surface area contributed by atoms with E-state index in [1.165, 1.54) is 24.0 Å². The summed E-state index contributed by atoms with van der Waals surface area (Å²) < 4.78 is 50.9. The number of nitrogens with one attached hydrogen (secondary N) is 1. The highest BCUT2D eigenvalue weighted by molar-refractivity contribution is 5.82. The lowest BCUT2D eigenvalue weighted by Gasteiger charge is -2.11. The molecule has 1 aromatic heterocycles. The standard InChI is InChI=1S/C21H18F3N3O3/c1-29-18-9-2-3-10-19(18)30-14-20(28)26-25-13-17-8-5-11-27(17)16-7-4-6-15(12-16)21(22,23)24/h2-13H,14H2,1H3,(H,26,28)/b25-13-. The molecule has 0 bridgehead atoms. The van der Waals surface area contributed by atoms with E-state index in [1.54, 1.807) is 48.7 Å². The van der Waals surface area contributed by atoms with Gasteiger partial charge in [0.2, 0.25) is 0 Å². The first kappa shape index (κ1) is 21.0. The van der Waals surface area contributed by atoms with E-state index in [9.17, 15) is 18.0 Å². The van der Waals surface area contributed by atoms with E-state index in [0.29, 0.717) is 22.9 Å². The molecule has 0 unspecified atom stereocenters. The molecule has 2 aromatic carbocycles. The molecule has 0 aliphatic heterocycles. The largest absolute Gasteiger partial charge is 0.493 e. The molecule has 9 heteroatoms. The Kier molecular flexibility index (Phi) is 6.41. The van der Waals surface area contributed by atoms with Gasteiger partial charge in [0, 0.05) is 11.9 Å². The van der Waals surface area contributed by atoms with E-state index in [1.807, 2.05) is 0 Å². The van der Waals surface area contributed by atoms with Crippen LogP contribution in [0.25, 0.3) is 5.69 Å². The van der Waals surface area contributed by atoms with Crippen LogP contribution >= 0.6 is 0 Å². The van der Waals surface area contributed by atoms with Gasteiger partial charge in [-0.15, -0.1) is 0 Å². The van der Waals surface area contributed by atoms with Crippen molar-refractivity contribution in [2.24, 2.45) is 5.10 Å². The Hall–Kier alpha value is -3.75. The van der Waals surface area contributed by atoms with Crippen molar-refractivity contribution in [2.75, 3.05) is 13.7 Å². The van der Waals surface area contributed by atoms with Crippen molar-refractivity contribution in [3.63, 3.8) is 0 Å². The zero-order valence-corrected chi connectivity index (χ0v) is 15.9. The van der Waals surface area contributed by atoms with Crippen molar-refractivity contribution >= 4 is 12.1 Å². The monoisotopic (exact) mass is 417 g/mol. The first-order valence-corrected chi connectivity index (χ1v) is 8.81. The predicted octanol–water partition coefficient (Wildman–Crippen LogP) is 4.03. The molecule has 1 heterocycles. The fraction of sp³-hybridized carbons (Fsp3) is 0.143. The van der Waals surface area contributed by atoms with E-state index < -0.39 is 17.6 Å². The molecule has 30 heavy (non-hydrogen) atoms. The number of amides is 1. The Bertz CT molecular complexity index is 1040. The van der Waals surface area contributed by atoms with Gasteiger partial charge in [0.05, 0.1) is 24.6 Å². The van der Waals surface area contributed by atoms with Gasteiger partial charge in [-0.25, -0.2) is 5.43 Å². The number of hydrazone groups is 1. The molecule has 1 N–H and O–H groups in total. The Labute approximate surface area is 170 Å². The summed E-state index contributed by atoms with van der Waals surface area (Å²) in [4.78, 5) is 11.9. The Morgan fingerprint density at radius 1 is 1.10 bits per heavy atom. The molecule has 6 nitrogen and oxygen atoms in total. The third kappa shape index (κ3) is 5.19. The minimum absolute atomic E-state index is 0.285. The second-order valence-electron chi connectivity index (χ2n) is 6.08. The zero-order chi connectivity index (χ0) is 21.6. The van der Waals surface area contributed by atoms with Crippen LogP contribution in [0.3, 0.4) is 0 Å². The predicted molar refractivity (Wildman–Crippen MR) is 105 cm³/mol. The normalized spacial score (nSPS) is 11.5. The molecule has 1 amide bonds. The number of aromatic nitrogens is 1. The maximum absolute atomic E-state index is 12.9. The van der Waals surface area contributed by atoms with Crippen molar-refractivity contribution in [1.82, 2.24) is 9.99 Å². The summed E-state index contributed by atoms with van der Waals surface area (Å²) in [5.74, 6) is 0.402. The minimum Gasteiger partial charge on any atom is -0.493 e. The number of nitrogens with zero attached hydrogens (tertiary/aromatic N) is 2. The second-order valence-corrected chi connectivity index (χ2v) is 6.08. The van der Waals surface area contributed by atoms with E-state index in [2.05, 4.69) is 10.5 Å². The number of para-hydroxylation sites is 2. The smallest absolute Gasteiger partial charge is 0.416 e. The quantitative estimate of drug-likeness (QED) is 0.466. The average Bonchev–Trinajstić information content (AvgIpc) is 3.20. The molecule has 0 aliphatic rings. The van der Waals surface area contributed by atoms with Gasteiger partial charge in [-0.2, -0.15) is 18.3 Å². The maximum Gasteiger partial charge on any atom is 0.416 e. The number of carbonyl (C=O) groups excluding carboxylic acids is 1. The minimum atomic E-state index is -4.44. The highest BCUT2D eigenvalue weighted by Crippen LogP contribution is 2.30. The van der Waals surface area contributed by atoms with Gasteiger partial charge in [0.25, 0.3) is 5.91 Å². The summed E-state index contributed by atoms with van der Waals surface area (Å²) in [6, 6.07) is 15.1. The number of methoxy groups -OCH3 is 1. The number of benzene rings is 2. The van der Waals surface area contributed by atoms with Gasteiger partial charge in [-0.1, -0.05) is 18.2 Å². The van der Waals surface area contributed by atoms with Crippen molar-refractivity contribution in [3.05, 3.63) is 78.1 Å². The number of alkyl halides is 3. The van der Waals surface area contributed by atoms with E-state index >= 15 is 0 Å². The molecule has 0 atom stereocenters. The number of hydrogen-bond acceptors (Lipinski definition) is 4. The third-order valence-corrected chi connectivity index (χ3v) is 4.05. The summed E-state index contributed by atoms with van der Waals surface area (Å²) in [5.41, 5.74) is 2.37. The number of carbonyl (C=O) groups is 1. The van der Waals surface area contributed by atoms with Crippen LogP contribution in [0.2, 0.25) is 0 Å². The number of hydrogen-bond donors (Lipinski definition) is 1. The lowest BCUT2D eigenvalue weighted by molar-refractivity contribution is -0.137. The number of ether oxygens (including phenoxy) is 2. The van der Waals surface area contributed by atoms with Crippen LogP contribution < -0.4 is 14.9 Å². The molecular weight excluding hydrogens is 399 g/mol. The van der Waals surface area contributed by atoms with Crippen LogP contribution in [0.15, 0.2) is 72.0 Å². The topological polar surface area (TPSA) is 64.8 Å². The molecule has 3 aromatic rings. The van der Waals surface area contributed by atoms with E-state index in [4.69, 9.17) is 9.47 Å². The summed E-state index contributed by atoms with van der Waals surface area (Å²) >= 11 is 0. The molecule has 0 fully saturated rings. The van der Waals surface area contributed by atoms with Crippen molar-refractivity contribution in [3.8, 4) is 17.2 Å². The van der Waals surface area contributed by atoms with Crippen molar-refractivity contribution in [2.45, 2.75) is 6.18 Å². The Morgan fingerprint density at radius 3 is 2.60 bits per heavy atom. The fourth-order valence-electron chi connectivity index (χ4n) is 2.65. The molecule has 156 valence electrons. The van der Waals surface area contributed by atoms with Crippen LogP contribution in [-0.2, 0) is 11.0 Å². The number of halogens is 3. The van der Waals surface area contributed by atoms with Crippen LogP contribution in [0.5, 0.6) is 11.5 Å². The van der Waals surface area contributed by atoms with Gasteiger partial charge in [-0.3, -0.25) is 4.79 Å². The Balaban J connectivity index is 1.63.